The first-order valence-electron chi connectivity index (χ1n) is 7.22. The van der Waals surface area contributed by atoms with Crippen LogP contribution in [0, 0.1) is 0 Å². The summed E-state index contributed by atoms with van der Waals surface area (Å²) in [6.45, 7) is 3.03. The quantitative estimate of drug-likeness (QED) is 0.930. The van der Waals surface area contributed by atoms with Crippen molar-refractivity contribution in [3.05, 3.63) is 23.8 Å². The Kier molecular flexibility index (Phi) is 3.40. The fourth-order valence-electron chi connectivity index (χ4n) is 2.96. The van der Waals surface area contributed by atoms with Gasteiger partial charge < -0.3 is 10.1 Å². The molecule has 2 aliphatic rings. The van der Waals surface area contributed by atoms with Gasteiger partial charge in [-0.2, -0.15) is 0 Å². The average molecular weight is 295 g/mol. The molecule has 110 valence electrons. The average Bonchev–Trinajstić information content (AvgIpc) is 2.87. The highest BCUT2D eigenvalue weighted by Gasteiger charge is 2.41. The van der Waals surface area contributed by atoms with Crippen molar-refractivity contribution in [2.45, 2.75) is 37.4 Å². The maximum Gasteiger partial charge on any atom is 0.159 e. The minimum Gasteiger partial charge on any atom is -0.492 e. The van der Waals surface area contributed by atoms with E-state index in [9.17, 15) is 8.42 Å². The van der Waals surface area contributed by atoms with Crippen LogP contribution in [0.25, 0.3) is 0 Å². The number of anilines is 1. The molecule has 3 rings (SSSR count). The third kappa shape index (κ3) is 2.39. The van der Waals surface area contributed by atoms with Crippen molar-refractivity contribution < 1.29 is 13.2 Å². The Bertz CT molecular complexity index is 612. The fourth-order valence-corrected chi connectivity index (χ4v) is 4.73. The predicted octanol–water partition coefficient (Wildman–Crippen LogP) is 2.39. The summed E-state index contributed by atoms with van der Waals surface area (Å²) >= 11 is 0. The molecule has 4 nitrogen and oxygen atoms in total. The van der Waals surface area contributed by atoms with Crippen LogP contribution in [-0.4, -0.2) is 32.1 Å². The summed E-state index contributed by atoms with van der Waals surface area (Å²) in [6.07, 6.45) is 3.44. The lowest BCUT2D eigenvalue weighted by molar-refractivity contribution is 0.257. The molecule has 1 fully saturated rings. The van der Waals surface area contributed by atoms with Gasteiger partial charge in [0, 0.05) is 12.2 Å². The Balaban J connectivity index is 1.73. The Morgan fingerprint density at radius 3 is 3.00 bits per heavy atom. The van der Waals surface area contributed by atoms with Crippen LogP contribution in [-0.2, 0) is 16.3 Å². The van der Waals surface area contributed by atoms with Gasteiger partial charge in [-0.1, -0.05) is 6.42 Å². The van der Waals surface area contributed by atoms with Crippen LogP contribution in [0.15, 0.2) is 18.2 Å². The van der Waals surface area contributed by atoms with Crippen LogP contribution >= 0.6 is 0 Å². The van der Waals surface area contributed by atoms with Gasteiger partial charge in [0.15, 0.2) is 9.84 Å². The van der Waals surface area contributed by atoms with Gasteiger partial charge in [0.1, 0.15) is 17.1 Å². The highest BCUT2D eigenvalue weighted by Crippen LogP contribution is 2.32. The molecule has 0 aromatic heterocycles. The molecule has 1 saturated heterocycles. The Morgan fingerprint density at radius 2 is 2.20 bits per heavy atom. The molecule has 1 unspecified atom stereocenters. The van der Waals surface area contributed by atoms with E-state index in [1.807, 2.05) is 25.1 Å². The van der Waals surface area contributed by atoms with Crippen molar-refractivity contribution in [2.75, 3.05) is 24.2 Å². The lowest BCUT2D eigenvalue weighted by Crippen LogP contribution is -2.45. The number of hydrogen-bond acceptors (Lipinski definition) is 4. The Morgan fingerprint density at radius 1 is 1.35 bits per heavy atom. The topological polar surface area (TPSA) is 55.4 Å². The van der Waals surface area contributed by atoms with E-state index < -0.39 is 14.6 Å². The van der Waals surface area contributed by atoms with Gasteiger partial charge in [-0.05, 0) is 49.9 Å². The molecular weight excluding hydrogens is 274 g/mol. The van der Waals surface area contributed by atoms with Crippen molar-refractivity contribution in [2.24, 2.45) is 0 Å². The van der Waals surface area contributed by atoms with E-state index in [2.05, 4.69) is 5.32 Å². The molecule has 0 saturated carbocycles. The smallest absolute Gasteiger partial charge is 0.159 e. The maximum absolute atomic E-state index is 12.2. The van der Waals surface area contributed by atoms with Gasteiger partial charge in [-0.3, -0.25) is 0 Å². The largest absolute Gasteiger partial charge is 0.492 e. The SMILES string of the molecule is CC1(COc2ccc3c(c2)CCN3)CCCCS1(=O)=O. The lowest BCUT2D eigenvalue weighted by atomic mass is 10.0. The molecule has 0 bridgehead atoms. The van der Waals surface area contributed by atoms with Crippen LogP contribution in [0.5, 0.6) is 5.75 Å². The third-order valence-electron chi connectivity index (χ3n) is 4.45. The van der Waals surface area contributed by atoms with Crippen LogP contribution in [0.4, 0.5) is 5.69 Å². The number of sulfone groups is 1. The summed E-state index contributed by atoms with van der Waals surface area (Å²) in [4.78, 5) is 0. The first-order valence-corrected chi connectivity index (χ1v) is 8.87. The number of fused-ring (bicyclic) bond motifs is 1. The van der Waals surface area contributed by atoms with E-state index in [1.165, 1.54) is 5.56 Å². The van der Waals surface area contributed by atoms with Gasteiger partial charge in [-0.15, -0.1) is 0 Å². The molecular formula is C15H21NO3S. The monoisotopic (exact) mass is 295 g/mol. The van der Waals surface area contributed by atoms with Gasteiger partial charge in [0.25, 0.3) is 0 Å². The summed E-state index contributed by atoms with van der Waals surface area (Å²) in [6, 6.07) is 5.94. The first-order chi connectivity index (χ1) is 9.50. The minimum atomic E-state index is -3.04. The van der Waals surface area contributed by atoms with Gasteiger partial charge in [0.05, 0.1) is 5.75 Å². The van der Waals surface area contributed by atoms with Gasteiger partial charge in [-0.25, -0.2) is 8.42 Å². The number of hydrogen-bond donors (Lipinski definition) is 1. The Labute approximate surface area is 120 Å². The number of rotatable bonds is 3. The van der Waals surface area contributed by atoms with Crippen LogP contribution in [0.2, 0.25) is 0 Å². The minimum absolute atomic E-state index is 0.252. The summed E-state index contributed by atoms with van der Waals surface area (Å²) in [7, 11) is -3.04. The van der Waals surface area contributed by atoms with E-state index in [-0.39, 0.29) is 6.61 Å². The normalized spacial score (nSPS) is 27.6. The number of nitrogens with one attached hydrogen (secondary N) is 1. The second-order valence-corrected chi connectivity index (χ2v) is 8.63. The molecule has 0 amide bonds. The zero-order valence-electron chi connectivity index (χ0n) is 11.8. The summed E-state index contributed by atoms with van der Waals surface area (Å²) in [5, 5.41) is 3.30. The van der Waals surface area contributed by atoms with Crippen molar-refractivity contribution in [1.29, 1.82) is 0 Å². The van der Waals surface area contributed by atoms with Crippen molar-refractivity contribution >= 4 is 15.5 Å². The molecule has 1 atom stereocenters. The Hall–Kier alpha value is -1.23. The second kappa shape index (κ2) is 4.95. The van der Waals surface area contributed by atoms with Crippen LogP contribution in [0.1, 0.15) is 31.7 Å². The summed E-state index contributed by atoms with van der Waals surface area (Å²) < 4.78 is 29.5. The van der Waals surface area contributed by atoms with E-state index in [0.717, 1.165) is 37.2 Å². The molecule has 5 heteroatoms. The zero-order chi connectivity index (χ0) is 14.2. The van der Waals surface area contributed by atoms with E-state index in [1.54, 1.807) is 0 Å². The van der Waals surface area contributed by atoms with E-state index >= 15 is 0 Å². The van der Waals surface area contributed by atoms with Crippen molar-refractivity contribution in [3.8, 4) is 5.75 Å². The molecule has 1 aromatic rings. The summed E-state index contributed by atoms with van der Waals surface area (Å²) in [5.41, 5.74) is 2.41. The molecule has 0 spiro atoms. The standard InChI is InChI=1S/C15H21NO3S/c1-15(7-2-3-9-20(15,17)18)11-19-13-4-5-14-12(10-13)6-8-16-14/h4-5,10,16H,2-3,6-9,11H2,1H3. The fraction of sp³-hybridized carbons (Fsp3) is 0.600. The molecule has 20 heavy (non-hydrogen) atoms. The summed E-state index contributed by atoms with van der Waals surface area (Å²) in [5.74, 6) is 1.07. The molecule has 2 heterocycles. The zero-order valence-corrected chi connectivity index (χ0v) is 12.6. The van der Waals surface area contributed by atoms with Gasteiger partial charge in [0.2, 0.25) is 0 Å². The first kappa shape index (κ1) is 13.7. The lowest BCUT2D eigenvalue weighted by Gasteiger charge is -2.32. The molecule has 0 radical (unpaired) electrons. The van der Waals surface area contributed by atoms with Crippen molar-refractivity contribution in [3.63, 3.8) is 0 Å². The van der Waals surface area contributed by atoms with E-state index in [0.29, 0.717) is 12.2 Å². The highest BCUT2D eigenvalue weighted by atomic mass is 32.2. The molecule has 2 aliphatic heterocycles. The van der Waals surface area contributed by atoms with Crippen molar-refractivity contribution in [1.82, 2.24) is 0 Å². The third-order valence-corrected chi connectivity index (χ3v) is 7.10. The highest BCUT2D eigenvalue weighted by molar-refractivity contribution is 7.92. The maximum atomic E-state index is 12.2. The number of benzene rings is 1. The van der Waals surface area contributed by atoms with Crippen LogP contribution in [0.3, 0.4) is 0 Å². The van der Waals surface area contributed by atoms with E-state index in [4.69, 9.17) is 4.74 Å². The van der Waals surface area contributed by atoms with Gasteiger partial charge >= 0.3 is 0 Å². The van der Waals surface area contributed by atoms with Crippen LogP contribution < -0.4 is 10.1 Å². The molecule has 1 N–H and O–H groups in total. The number of ether oxygens (including phenoxy) is 1. The second-order valence-electron chi connectivity index (χ2n) is 6.01. The molecule has 0 aliphatic carbocycles. The molecule has 1 aromatic carbocycles. The predicted molar refractivity (Wildman–Crippen MR) is 80.2 cm³/mol.